The van der Waals surface area contributed by atoms with Crippen LogP contribution in [0.5, 0.6) is 0 Å². The predicted octanol–water partition coefficient (Wildman–Crippen LogP) is 2.89. The quantitative estimate of drug-likeness (QED) is 0.668. The maximum atomic E-state index is 12.4. The monoisotopic (exact) mass is 367 g/mol. The normalized spacial score (nSPS) is 15.1. The van der Waals surface area contributed by atoms with Crippen molar-refractivity contribution in [2.45, 2.75) is 0 Å². The van der Waals surface area contributed by atoms with E-state index in [1.54, 1.807) is 15.9 Å². The minimum atomic E-state index is -0.101. The second-order valence-electron chi connectivity index (χ2n) is 5.95. The Kier molecular flexibility index (Phi) is 4.53. The highest BCUT2D eigenvalue weighted by Gasteiger charge is 2.24. The number of amides is 2. The van der Waals surface area contributed by atoms with E-state index in [1.807, 2.05) is 41.8 Å². The van der Waals surface area contributed by atoms with Gasteiger partial charge in [0.25, 0.3) is 5.91 Å². The van der Waals surface area contributed by atoms with Gasteiger partial charge in [-0.25, -0.2) is 4.98 Å². The van der Waals surface area contributed by atoms with Gasteiger partial charge in [-0.05, 0) is 23.6 Å². The third-order valence-corrected chi connectivity index (χ3v) is 5.15. The van der Waals surface area contributed by atoms with E-state index in [1.165, 1.54) is 17.4 Å². The number of hydrogen-bond acceptors (Lipinski definition) is 5. The molecule has 0 unspecified atom stereocenters. The molecule has 1 aliphatic rings. The van der Waals surface area contributed by atoms with Gasteiger partial charge in [0, 0.05) is 38.3 Å². The van der Waals surface area contributed by atoms with E-state index >= 15 is 0 Å². The number of hydrogen-bond donors (Lipinski definition) is 0. The first kappa shape index (κ1) is 16.5. The summed E-state index contributed by atoms with van der Waals surface area (Å²) in [6.45, 7) is 2.13. The van der Waals surface area contributed by atoms with Crippen LogP contribution in [-0.2, 0) is 4.79 Å². The fourth-order valence-corrected chi connectivity index (χ4v) is 3.59. The van der Waals surface area contributed by atoms with Crippen molar-refractivity contribution in [3.05, 3.63) is 58.6 Å². The largest absolute Gasteiger partial charge is 0.437 e. The lowest BCUT2D eigenvalue weighted by Gasteiger charge is -2.34. The maximum absolute atomic E-state index is 12.4. The highest BCUT2D eigenvalue weighted by molar-refractivity contribution is 7.12. The molecule has 1 fully saturated rings. The summed E-state index contributed by atoms with van der Waals surface area (Å²) >= 11 is 1.44. The molecule has 0 aliphatic carbocycles. The number of fused-ring (bicyclic) bond motifs is 1. The Bertz CT molecular complexity index is 920. The molecule has 3 heterocycles. The fraction of sp³-hybridized carbons (Fsp3) is 0.211. The van der Waals surface area contributed by atoms with Crippen LogP contribution >= 0.6 is 11.3 Å². The standard InChI is InChI=1S/C19H17N3O3S/c23-18(8-7-17-20-14-4-1-2-5-15(14)25-17)21-9-11-22(12-10-21)19(24)16-6-3-13-26-16/h1-8,13H,9-12H2. The Morgan fingerprint density at radius 3 is 2.54 bits per heavy atom. The van der Waals surface area contributed by atoms with Crippen molar-refractivity contribution in [1.82, 2.24) is 14.8 Å². The highest BCUT2D eigenvalue weighted by Crippen LogP contribution is 2.16. The van der Waals surface area contributed by atoms with Gasteiger partial charge in [0.1, 0.15) is 5.52 Å². The summed E-state index contributed by atoms with van der Waals surface area (Å²) in [4.78, 5) is 33.3. The number of oxazole rings is 1. The molecule has 1 aromatic carbocycles. The number of rotatable bonds is 3. The van der Waals surface area contributed by atoms with E-state index in [-0.39, 0.29) is 11.8 Å². The zero-order valence-electron chi connectivity index (χ0n) is 14.0. The molecule has 6 nitrogen and oxygen atoms in total. The van der Waals surface area contributed by atoms with Gasteiger partial charge in [0.15, 0.2) is 5.58 Å². The van der Waals surface area contributed by atoms with Gasteiger partial charge in [-0.3, -0.25) is 9.59 Å². The topological polar surface area (TPSA) is 66.7 Å². The molecular formula is C19H17N3O3S. The van der Waals surface area contributed by atoms with Crippen molar-refractivity contribution in [1.29, 1.82) is 0 Å². The van der Waals surface area contributed by atoms with Crippen LogP contribution in [0, 0.1) is 0 Å². The zero-order chi connectivity index (χ0) is 17.9. The van der Waals surface area contributed by atoms with Gasteiger partial charge >= 0.3 is 0 Å². The predicted molar refractivity (Wildman–Crippen MR) is 99.8 cm³/mol. The van der Waals surface area contributed by atoms with Crippen LogP contribution in [0.15, 0.2) is 52.3 Å². The third-order valence-electron chi connectivity index (χ3n) is 4.29. The molecule has 7 heteroatoms. The summed E-state index contributed by atoms with van der Waals surface area (Å²) < 4.78 is 5.58. The molecule has 0 atom stereocenters. The molecule has 26 heavy (non-hydrogen) atoms. The van der Waals surface area contributed by atoms with Crippen LogP contribution in [0.3, 0.4) is 0 Å². The van der Waals surface area contributed by atoms with Gasteiger partial charge in [-0.2, -0.15) is 0 Å². The molecule has 1 aliphatic heterocycles. The Balaban J connectivity index is 1.35. The van der Waals surface area contributed by atoms with Crippen molar-refractivity contribution in [2.75, 3.05) is 26.2 Å². The molecule has 0 saturated carbocycles. The van der Waals surface area contributed by atoms with E-state index in [4.69, 9.17) is 4.42 Å². The molecule has 0 bridgehead atoms. The third kappa shape index (κ3) is 3.39. The SMILES string of the molecule is O=C(C=Cc1nc2ccccc2o1)N1CCN(C(=O)c2cccs2)CC1. The van der Waals surface area contributed by atoms with Gasteiger partial charge in [0.2, 0.25) is 11.8 Å². The first-order chi connectivity index (χ1) is 12.7. The molecule has 0 N–H and O–H groups in total. The first-order valence-electron chi connectivity index (χ1n) is 8.36. The van der Waals surface area contributed by atoms with Crippen molar-refractivity contribution < 1.29 is 14.0 Å². The minimum absolute atomic E-state index is 0.0362. The van der Waals surface area contributed by atoms with Crippen molar-refractivity contribution in [3.63, 3.8) is 0 Å². The minimum Gasteiger partial charge on any atom is -0.437 e. The average molecular weight is 367 g/mol. The number of thiophene rings is 1. The summed E-state index contributed by atoms with van der Waals surface area (Å²) in [7, 11) is 0. The van der Waals surface area contributed by atoms with Crippen molar-refractivity contribution in [2.24, 2.45) is 0 Å². The van der Waals surface area contributed by atoms with Gasteiger partial charge in [-0.1, -0.05) is 18.2 Å². The highest BCUT2D eigenvalue weighted by atomic mass is 32.1. The lowest BCUT2D eigenvalue weighted by atomic mass is 10.2. The summed E-state index contributed by atoms with van der Waals surface area (Å²) in [6.07, 6.45) is 3.06. The molecular weight excluding hydrogens is 350 g/mol. The number of benzene rings is 1. The van der Waals surface area contributed by atoms with Crippen LogP contribution in [0.1, 0.15) is 15.6 Å². The zero-order valence-corrected chi connectivity index (χ0v) is 14.8. The molecule has 3 aromatic rings. The van der Waals surface area contributed by atoms with Crippen LogP contribution < -0.4 is 0 Å². The van der Waals surface area contributed by atoms with Gasteiger partial charge in [-0.15, -0.1) is 11.3 Å². The number of aromatic nitrogens is 1. The Labute approximate surface area is 154 Å². The van der Waals surface area contributed by atoms with Crippen molar-refractivity contribution in [3.8, 4) is 0 Å². The number of piperazine rings is 1. The molecule has 2 amide bonds. The molecule has 0 radical (unpaired) electrons. The van der Waals surface area contributed by atoms with E-state index in [2.05, 4.69) is 4.98 Å². The first-order valence-corrected chi connectivity index (χ1v) is 9.24. The summed E-state index contributed by atoms with van der Waals surface area (Å²) in [5, 5.41) is 1.89. The number of nitrogens with zero attached hydrogens (tertiary/aromatic N) is 3. The van der Waals surface area contributed by atoms with Gasteiger partial charge in [0.05, 0.1) is 4.88 Å². The fourth-order valence-electron chi connectivity index (χ4n) is 2.90. The molecule has 2 aromatic heterocycles. The van der Waals surface area contributed by atoms with E-state index in [9.17, 15) is 9.59 Å². The lowest BCUT2D eigenvalue weighted by molar-refractivity contribution is -0.127. The number of carbonyl (C=O) groups is 2. The average Bonchev–Trinajstić information content (AvgIpc) is 3.35. The summed E-state index contributed by atoms with van der Waals surface area (Å²) in [5.41, 5.74) is 1.46. The van der Waals surface area contributed by atoms with E-state index in [0.29, 0.717) is 37.7 Å². The molecule has 132 valence electrons. The van der Waals surface area contributed by atoms with Crippen LogP contribution in [0.2, 0.25) is 0 Å². The summed E-state index contributed by atoms with van der Waals surface area (Å²) in [6, 6.07) is 11.2. The Morgan fingerprint density at radius 2 is 1.81 bits per heavy atom. The van der Waals surface area contributed by atoms with E-state index in [0.717, 1.165) is 10.4 Å². The second-order valence-corrected chi connectivity index (χ2v) is 6.90. The Morgan fingerprint density at radius 1 is 1.04 bits per heavy atom. The van der Waals surface area contributed by atoms with Crippen molar-refractivity contribution >= 4 is 40.3 Å². The van der Waals surface area contributed by atoms with Crippen LogP contribution in [-0.4, -0.2) is 52.8 Å². The van der Waals surface area contributed by atoms with E-state index < -0.39 is 0 Å². The molecule has 1 saturated heterocycles. The number of carbonyl (C=O) groups excluding carboxylic acids is 2. The van der Waals surface area contributed by atoms with Gasteiger partial charge < -0.3 is 14.2 Å². The summed E-state index contributed by atoms with van der Waals surface area (Å²) in [5.74, 6) is 0.343. The smallest absolute Gasteiger partial charge is 0.264 e. The lowest BCUT2D eigenvalue weighted by Crippen LogP contribution is -2.50. The second kappa shape index (κ2) is 7.13. The maximum Gasteiger partial charge on any atom is 0.264 e. The molecule has 0 spiro atoms. The Hall–Kier alpha value is -2.93. The van der Waals surface area contributed by atoms with Crippen LogP contribution in [0.25, 0.3) is 17.2 Å². The number of para-hydroxylation sites is 2. The van der Waals surface area contributed by atoms with Crippen LogP contribution in [0.4, 0.5) is 0 Å². The molecule has 4 rings (SSSR count).